The van der Waals surface area contributed by atoms with Crippen LogP contribution in [0.1, 0.15) is 44.6 Å². The number of carbonyl (C=O) groups excluding carboxylic acids is 1. The van der Waals surface area contributed by atoms with E-state index in [1.54, 1.807) is 31.2 Å². The second-order valence-electron chi connectivity index (χ2n) is 5.16. The van der Waals surface area contributed by atoms with Crippen molar-refractivity contribution in [2.45, 2.75) is 45.1 Å². The van der Waals surface area contributed by atoms with Crippen LogP contribution in [0.5, 0.6) is 0 Å². The summed E-state index contributed by atoms with van der Waals surface area (Å²) < 4.78 is 13.5. The molecule has 0 heterocycles. The fourth-order valence-electron chi connectivity index (χ4n) is 2.44. The normalized spacial score (nSPS) is 17.3. The Kier molecular flexibility index (Phi) is 4.72. The highest BCUT2D eigenvalue weighted by Crippen LogP contribution is 2.18. The number of carbonyl (C=O) groups is 1. The zero-order valence-electron chi connectivity index (χ0n) is 11.3. The molecule has 0 unspecified atom stereocenters. The van der Waals surface area contributed by atoms with Crippen molar-refractivity contribution in [1.82, 2.24) is 5.32 Å². The van der Waals surface area contributed by atoms with E-state index in [9.17, 15) is 9.18 Å². The van der Waals surface area contributed by atoms with Crippen molar-refractivity contribution in [2.24, 2.45) is 0 Å². The van der Waals surface area contributed by atoms with Gasteiger partial charge in [-0.3, -0.25) is 4.79 Å². The third kappa shape index (κ3) is 3.91. The van der Waals surface area contributed by atoms with Gasteiger partial charge in [-0.05, 0) is 31.9 Å². The molecule has 0 bridgehead atoms. The van der Waals surface area contributed by atoms with Crippen molar-refractivity contribution < 1.29 is 9.18 Å². The molecule has 0 atom stereocenters. The highest BCUT2D eigenvalue weighted by molar-refractivity contribution is 5.97. The first kappa shape index (κ1) is 13.8. The molecular weight excluding hydrogens is 241 g/mol. The number of benzene rings is 1. The van der Waals surface area contributed by atoms with Crippen LogP contribution < -0.4 is 5.32 Å². The molecule has 0 aromatic heterocycles. The molecule has 19 heavy (non-hydrogen) atoms. The van der Waals surface area contributed by atoms with E-state index < -0.39 is 0 Å². The smallest absolute Gasteiger partial charge is 0.247 e. The van der Waals surface area contributed by atoms with Gasteiger partial charge in [0.05, 0.1) is 0 Å². The minimum Gasteiger partial charge on any atom is -0.350 e. The number of nitrogens with one attached hydrogen (secondary N) is 1. The standard InChI is InChI=1S/C16H20FNO/c1-12(11-13-7-5-6-10-15(13)17)16(19)18-14-8-3-2-4-9-14/h5-7,10-11,14H,2-4,8-9H2,1H3,(H,18,19)/b12-11+. The van der Waals surface area contributed by atoms with Crippen LogP contribution in [0, 0.1) is 5.82 Å². The molecule has 2 nitrogen and oxygen atoms in total. The van der Waals surface area contributed by atoms with E-state index in [1.807, 2.05) is 0 Å². The molecule has 0 spiro atoms. The van der Waals surface area contributed by atoms with Crippen molar-refractivity contribution in [3.8, 4) is 0 Å². The van der Waals surface area contributed by atoms with Crippen LogP contribution >= 0.6 is 0 Å². The summed E-state index contributed by atoms with van der Waals surface area (Å²) in [4.78, 5) is 12.0. The summed E-state index contributed by atoms with van der Waals surface area (Å²) in [7, 11) is 0. The highest BCUT2D eigenvalue weighted by Gasteiger charge is 2.16. The van der Waals surface area contributed by atoms with Crippen LogP contribution in [0.3, 0.4) is 0 Å². The zero-order chi connectivity index (χ0) is 13.7. The minimum absolute atomic E-state index is 0.0878. The van der Waals surface area contributed by atoms with E-state index in [0.717, 1.165) is 12.8 Å². The second-order valence-corrected chi connectivity index (χ2v) is 5.16. The molecule has 2 rings (SSSR count). The molecule has 0 aliphatic heterocycles. The summed E-state index contributed by atoms with van der Waals surface area (Å²) in [6.07, 6.45) is 7.34. The molecule has 3 heteroatoms. The lowest BCUT2D eigenvalue weighted by molar-refractivity contribution is -0.118. The number of hydrogen-bond acceptors (Lipinski definition) is 1. The first-order chi connectivity index (χ1) is 9.16. The topological polar surface area (TPSA) is 29.1 Å². The Balaban J connectivity index is 2.00. The first-order valence-corrected chi connectivity index (χ1v) is 6.90. The number of amides is 1. The van der Waals surface area contributed by atoms with E-state index in [-0.39, 0.29) is 17.8 Å². The van der Waals surface area contributed by atoms with Gasteiger partial charge in [0, 0.05) is 17.2 Å². The summed E-state index contributed by atoms with van der Waals surface area (Å²) in [5, 5.41) is 3.03. The maximum atomic E-state index is 13.5. The van der Waals surface area contributed by atoms with Crippen LogP contribution in [0.2, 0.25) is 0 Å². The van der Waals surface area contributed by atoms with Crippen molar-refractivity contribution in [1.29, 1.82) is 0 Å². The summed E-state index contributed by atoms with van der Waals surface area (Å²) >= 11 is 0. The SMILES string of the molecule is C/C(=C\c1ccccc1F)C(=O)NC1CCCCC1. The van der Waals surface area contributed by atoms with Gasteiger partial charge >= 0.3 is 0 Å². The van der Waals surface area contributed by atoms with Crippen LogP contribution in [-0.4, -0.2) is 11.9 Å². The van der Waals surface area contributed by atoms with Crippen molar-refractivity contribution in [3.63, 3.8) is 0 Å². The van der Waals surface area contributed by atoms with E-state index in [4.69, 9.17) is 0 Å². The predicted octanol–water partition coefficient (Wildman–Crippen LogP) is 3.68. The molecule has 1 amide bonds. The molecule has 1 N–H and O–H groups in total. The van der Waals surface area contributed by atoms with E-state index in [1.165, 1.54) is 25.3 Å². The molecule has 1 aliphatic carbocycles. The molecule has 1 saturated carbocycles. The van der Waals surface area contributed by atoms with Crippen LogP contribution in [0.4, 0.5) is 4.39 Å². The van der Waals surface area contributed by atoms with Crippen molar-refractivity contribution in [3.05, 3.63) is 41.2 Å². The molecule has 1 aliphatic rings. The van der Waals surface area contributed by atoms with E-state index >= 15 is 0 Å². The minimum atomic E-state index is -0.299. The molecular formula is C16H20FNO. The fourth-order valence-corrected chi connectivity index (χ4v) is 2.44. The largest absolute Gasteiger partial charge is 0.350 e. The number of rotatable bonds is 3. The Hall–Kier alpha value is -1.64. The van der Waals surface area contributed by atoms with E-state index in [2.05, 4.69) is 5.32 Å². The second kappa shape index (κ2) is 6.50. The Morgan fingerprint density at radius 3 is 2.63 bits per heavy atom. The summed E-state index contributed by atoms with van der Waals surface area (Å²) in [6.45, 7) is 1.73. The maximum Gasteiger partial charge on any atom is 0.247 e. The van der Waals surface area contributed by atoms with Crippen LogP contribution in [0.15, 0.2) is 29.8 Å². The Labute approximate surface area is 113 Å². The molecule has 0 saturated heterocycles. The average molecular weight is 261 g/mol. The van der Waals surface area contributed by atoms with E-state index in [0.29, 0.717) is 11.1 Å². The maximum absolute atomic E-state index is 13.5. The molecule has 1 fully saturated rings. The first-order valence-electron chi connectivity index (χ1n) is 6.90. The summed E-state index contributed by atoms with van der Waals surface area (Å²) in [6, 6.07) is 6.76. The Morgan fingerprint density at radius 2 is 1.95 bits per heavy atom. The van der Waals surface area contributed by atoms with Gasteiger partial charge in [-0.1, -0.05) is 37.5 Å². The molecule has 102 valence electrons. The fraction of sp³-hybridized carbons (Fsp3) is 0.438. The van der Waals surface area contributed by atoms with Gasteiger partial charge in [0.2, 0.25) is 5.91 Å². The number of halogens is 1. The van der Waals surface area contributed by atoms with Gasteiger partial charge in [0.1, 0.15) is 5.82 Å². The van der Waals surface area contributed by atoms with Gasteiger partial charge in [-0.15, -0.1) is 0 Å². The van der Waals surface area contributed by atoms with Crippen molar-refractivity contribution >= 4 is 12.0 Å². The third-order valence-corrected chi connectivity index (χ3v) is 3.58. The summed E-state index contributed by atoms with van der Waals surface area (Å²) in [5.41, 5.74) is 1.01. The molecule has 0 radical (unpaired) electrons. The highest BCUT2D eigenvalue weighted by atomic mass is 19.1. The lowest BCUT2D eigenvalue weighted by atomic mass is 9.95. The lowest BCUT2D eigenvalue weighted by Gasteiger charge is -2.22. The van der Waals surface area contributed by atoms with Gasteiger partial charge in [0.15, 0.2) is 0 Å². The quantitative estimate of drug-likeness (QED) is 0.826. The van der Waals surface area contributed by atoms with Gasteiger partial charge < -0.3 is 5.32 Å². The van der Waals surface area contributed by atoms with Crippen LogP contribution in [0.25, 0.3) is 6.08 Å². The van der Waals surface area contributed by atoms with Gasteiger partial charge in [-0.25, -0.2) is 4.39 Å². The predicted molar refractivity (Wildman–Crippen MR) is 75.1 cm³/mol. The summed E-state index contributed by atoms with van der Waals surface area (Å²) in [5.74, 6) is -0.387. The molecule has 1 aromatic rings. The Bertz CT molecular complexity index is 475. The van der Waals surface area contributed by atoms with Crippen LogP contribution in [-0.2, 0) is 4.79 Å². The van der Waals surface area contributed by atoms with Gasteiger partial charge in [0.25, 0.3) is 0 Å². The zero-order valence-corrected chi connectivity index (χ0v) is 11.3. The average Bonchev–Trinajstić information content (AvgIpc) is 2.42. The monoisotopic (exact) mass is 261 g/mol. The number of hydrogen-bond donors (Lipinski definition) is 1. The van der Waals surface area contributed by atoms with Crippen molar-refractivity contribution in [2.75, 3.05) is 0 Å². The van der Waals surface area contributed by atoms with Gasteiger partial charge in [-0.2, -0.15) is 0 Å². The molecule has 1 aromatic carbocycles. The lowest BCUT2D eigenvalue weighted by Crippen LogP contribution is -2.36. The third-order valence-electron chi connectivity index (χ3n) is 3.58. The Morgan fingerprint density at radius 1 is 1.26 bits per heavy atom.